The van der Waals surface area contributed by atoms with Gasteiger partial charge in [0, 0.05) is 19.6 Å². The fraction of sp³-hybridized carbons (Fsp3) is 0.500. The van der Waals surface area contributed by atoms with Gasteiger partial charge in [0.15, 0.2) is 0 Å². The Balaban J connectivity index is 1.56. The molecule has 0 saturated heterocycles. The molecule has 2 N–H and O–H groups in total. The third-order valence-corrected chi connectivity index (χ3v) is 4.08. The lowest BCUT2D eigenvalue weighted by Crippen LogP contribution is -2.50. The molecular weight excluding hydrogens is 266 g/mol. The third-order valence-electron chi connectivity index (χ3n) is 4.08. The Labute approximate surface area is 124 Å². The maximum Gasteiger partial charge on any atom is 0.240 e. The Morgan fingerprint density at radius 2 is 2.00 bits per heavy atom. The number of hydrogen-bond donors (Lipinski definition) is 2. The van der Waals surface area contributed by atoms with Crippen molar-refractivity contribution in [2.24, 2.45) is 0 Å². The van der Waals surface area contributed by atoms with Crippen molar-refractivity contribution in [3.8, 4) is 0 Å². The molecule has 21 heavy (non-hydrogen) atoms. The average Bonchev–Trinajstić information content (AvgIpc) is 3.29. The van der Waals surface area contributed by atoms with Crippen LogP contribution in [0.1, 0.15) is 24.0 Å². The number of hydrogen-bond acceptors (Lipinski definition) is 3. The molecule has 0 aromatic heterocycles. The average molecular weight is 287 g/mol. The van der Waals surface area contributed by atoms with Gasteiger partial charge >= 0.3 is 0 Å². The molecule has 0 radical (unpaired) electrons. The lowest BCUT2D eigenvalue weighted by Gasteiger charge is -2.28. The van der Waals surface area contributed by atoms with E-state index in [0.29, 0.717) is 19.0 Å². The molecule has 1 atom stereocenters. The minimum absolute atomic E-state index is 0.0181. The van der Waals surface area contributed by atoms with Crippen molar-refractivity contribution in [3.05, 3.63) is 35.4 Å². The molecule has 1 heterocycles. The highest BCUT2D eigenvalue weighted by Crippen LogP contribution is 2.19. The van der Waals surface area contributed by atoms with E-state index in [2.05, 4.69) is 22.8 Å². The topological polar surface area (TPSA) is 61.4 Å². The van der Waals surface area contributed by atoms with Gasteiger partial charge in [0.25, 0.3) is 0 Å². The van der Waals surface area contributed by atoms with Crippen LogP contribution in [0.2, 0.25) is 0 Å². The number of likely N-dealkylation sites (N-methyl/N-ethyl adjacent to an activating group) is 1. The maximum absolute atomic E-state index is 12.4. The number of benzene rings is 1. The van der Waals surface area contributed by atoms with E-state index in [-0.39, 0.29) is 24.4 Å². The van der Waals surface area contributed by atoms with Gasteiger partial charge in [0.1, 0.15) is 0 Å². The molecule has 1 aromatic rings. The molecule has 0 bridgehead atoms. The van der Waals surface area contributed by atoms with E-state index < -0.39 is 0 Å². The number of amides is 2. The Morgan fingerprint density at radius 1 is 1.29 bits per heavy atom. The molecule has 5 nitrogen and oxygen atoms in total. The number of fused-ring (bicyclic) bond motifs is 1. The summed E-state index contributed by atoms with van der Waals surface area (Å²) in [6, 6.07) is 8.25. The smallest absolute Gasteiger partial charge is 0.240 e. The first-order chi connectivity index (χ1) is 10.1. The van der Waals surface area contributed by atoms with Gasteiger partial charge in [-0.05, 0) is 30.4 Å². The van der Waals surface area contributed by atoms with E-state index in [4.69, 9.17) is 0 Å². The minimum Gasteiger partial charge on any atom is -0.352 e. The first-order valence-corrected chi connectivity index (χ1v) is 7.48. The van der Waals surface area contributed by atoms with Crippen molar-refractivity contribution in [1.29, 1.82) is 0 Å². The van der Waals surface area contributed by atoms with E-state index in [0.717, 1.165) is 12.8 Å². The van der Waals surface area contributed by atoms with E-state index in [1.165, 1.54) is 16.0 Å². The van der Waals surface area contributed by atoms with E-state index in [1.807, 2.05) is 12.1 Å². The number of carbonyl (C=O) groups is 2. The lowest BCUT2D eigenvalue weighted by atomic mass is 9.95. The van der Waals surface area contributed by atoms with Gasteiger partial charge in [0.2, 0.25) is 11.8 Å². The van der Waals surface area contributed by atoms with Crippen LogP contribution in [0.15, 0.2) is 24.3 Å². The number of rotatable bonds is 4. The zero-order chi connectivity index (χ0) is 14.8. The fourth-order valence-electron chi connectivity index (χ4n) is 2.69. The summed E-state index contributed by atoms with van der Waals surface area (Å²) in [7, 11) is 1.69. The summed E-state index contributed by atoms with van der Waals surface area (Å²) in [5.74, 6) is -0.0833. The van der Waals surface area contributed by atoms with Crippen LogP contribution in [0.25, 0.3) is 0 Å². The number of carbonyl (C=O) groups excluding carboxylic acids is 2. The zero-order valence-electron chi connectivity index (χ0n) is 12.3. The van der Waals surface area contributed by atoms with Crippen LogP contribution < -0.4 is 10.6 Å². The van der Waals surface area contributed by atoms with Crippen LogP contribution >= 0.6 is 0 Å². The Kier molecular flexibility index (Phi) is 3.92. The van der Waals surface area contributed by atoms with Gasteiger partial charge in [-0.2, -0.15) is 0 Å². The molecule has 2 amide bonds. The SMILES string of the molecule is CN(CC(=O)NC1CC1)C(=O)C1Cc2ccccc2CN1. The van der Waals surface area contributed by atoms with Gasteiger partial charge in [-0.3, -0.25) is 9.59 Å². The van der Waals surface area contributed by atoms with Gasteiger partial charge in [-0.25, -0.2) is 0 Å². The van der Waals surface area contributed by atoms with Crippen molar-refractivity contribution in [1.82, 2.24) is 15.5 Å². The van der Waals surface area contributed by atoms with Crippen LogP contribution in [0.3, 0.4) is 0 Å². The van der Waals surface area contributed by atoms with Crippen LogP contribution in [0, 0.1) is 0 Å². The van der Waals surface area contributed by atoms with Gasteiger partial charge in [-0.1, -0.05) is 24.3 Å². The molecule has 1 aromatic carbocycles. The zero-order valence-corrected chi connectivity index (χ0v) is 12.3. The van der Waals surface area contributed by atoms with Crippen LogP contribution in [-0.2, 0) is 22.6 Å². The predicted octanol–water partition coefficient (Wildman–Crippen LogP) is 0.438. The monoisotopic (exact) mass is 287 g/mol. The summed E-state index contributed by atoms with van der Waals surface area (Å²) in [6.45, 7) is 0.837. The highest BCUT2D eigenvalue weighted by Gasteiger charge is 2.28. The van der Waals surface area contributed by atoms with Gasteiger partial charge in [0.05, 0.1) is 12.6 Å². The van der Waals surface area contributed by atoms with Gasteiger partial charge in [-0.15, -0.1) is 0 Å². The molecule has 2 aliphatic rings. The molecule has 3 rings (SSSR count). The molecular formula is C16H21N3O2. The van der Waals surface area contributed by atoms with Crippen molar-refractivity contribution >= 4 is 11.8 Å². The second-order valence-corrected chi connectivity index (χ2v) is 5.94. The van der Waals surface area contributed by atoms with E-state index in [9.17, 15) is 9.59 Å². The number of nitrogens with zero attached hydrogens (tertiary/aromatic N) is 1. The summed E-state index contributed by atoms with van der Waals surface area (Å²) >= 11 is 0. The van der Waals surface area contributed by atoms with Crippen LogP contribution in [-0.4, -0.2) is 42.4 Å². The predicted molar refractivity (Wildman–Crippen MR) is 79.6 cm³/mol. The molecule has 112 valence electrons. The van der Waals surface area contributed by atoms with E-state index in [1.54, 1.807) is 7.05 Å². The first kappa shape index (κ1) is 14.1. The van der Waals surface area contributed by atoms with Crippen molar-refractivity contribution in [3.63, 3.8) is 0 Å². The highest BCUT2D eigenvalue weighted by molar-refractivity contribution is 5.87. The summed E-state index contributed by atoms with van der Waals surface area (Å²) in [4.78, 5) is 25.7. The molecule has 1 fully saturated rings. The first-order valence-electron chi connectivity index (χ1n) is 7.48. The van der Waals surface area contributed by atoms with Crippen LogP contribution in [0.4, 0.5) is 0 Å². The molecule has 1 unspecified atom stereocenters. The fourth-order valence-corrected chi connectivity index (χ4v) is 2.69. The van der Waals surface area contributed by atoms with Crippen molar-refractivity contribution in [2.75, 3.05) is 13.6 Å². The minimum atomic E-state index is -0.237. The molecule has 1 aliphatic heterocycles. The van der Waals surface area contributed by atoms with Crippen molar-refractivity contribution < 1.29 is 9.59 Å². The largest absolute Gasteiger partial charge is 0.352 e. The quantitative estimate of drug-likeness (QED) is 0.844. The summed E-state index contributed by atoms with van der Waals surface area (Å²) in [5, 5.41) is 6.16. The highest BCUT2D eigenvalue weighted by atomic mass is 16.2. The second-order valence-electron chi connectivity index (χ2n) is 5.94. The summed E-state index contributed by atoms with van der Waals surface area (Å²) in [6.07, 6.45) is 2.80. The molecule has 0 spiro atoms. The van der Waals surface area contributed by atoms with E-state index >= 15 is 0 Å². The van der Waals surface area contributed by atoms with Gasteiger partial charge < -0.3 is 15.5 Å². The van der Waals surface area contributed by atoms with Crippen molar-refractivity contribution in [2.45, 2.75) is 37.9 Å². The normalized spacial score (nSPS) is 20.5. The van der Waals surface area contributed by atoms with Crippen LogP contribution in [0.5, 0.6) is 0 Å². The maximum atomic E-state index is 12.4. The molecule has 1 aliphatic carbocycles. The Bertz CT molecular complexity index is 554. The standard InChI is InChI=1S/C16H21N3O2/c1-19(10-15(20)18-13-6-7-13)16(21)14-8-11-4-2-3-5-12(11)9-17-14/h2-5,13-14,17H,6-10H2,1H3,(H,18,20). The third kappa shape index (κ3) is 3.42. The Morgan fingerprint density at radius 3 is 2.71 bits per heavy atom. The molecule has 1 saturated carbocycles. The Hall–Kier alpha value is -1.88. The summed E-state index contributed by atoms with van der Waals surface area (Å²) in [5.41, 5.74) is 2.46. The number of nitrogens with one attached hydrogen (secondary N) is 2. The second kappa shape index (κ2) is 5.85. The molecule has 5 heteroatoms. The summed E-state index contributed by atoms with van der Waals surface area (Å²) < 4.78 is 0. The lowest BCUT2D eigenvalue weighted by molar-refractivity contribution is -0.136.